The Morgan fingerprint density at radius 1 is 1.00 bits per heavy atom. The molecule has 1 aromatic rings. The molecule has 1 nitrogen and oxygen atoms in total. The first-order valence-corrected chi connectivity index (χ1v) is 2.20. The third-order valence-corrected chi connectivity index (χ3v) is 0.800. The Labute approximate surface area is 84.6 Å². The van der Waals surface area contributed by atoms with Crippen molar-refractivity contribution in [3.8, 4) is 0 Å². The zero-order valence-electron chi connectivity index (χ0n) is 6.08. The molecular weight excluding hydrogens is 158 g/mol. The second-order valence-electron chi connectivity index (χ2n) is 1.41. The van der Waals surface area contributed by atoms with E-state index in [1.165, 1.54) is 0 Å². The molecule has 0 saturated heterocycles. The molecule has 0 atom stereocenters. The van der Waals surface area contributed by atoms with E-state index >= 15 is 0 Å². The summed E-state index contributed by atoms with van der Waals surface area (Å²) in [5, 5.41) is 0. The maximum Gasteiger partial charge on any atom is 2.00 e. The predicted molar refractivity (Wildman–Crippen MR) is 50.3 cm³/mol. The number of nitrogens with two attached hydrogens (primary N) is 1. The molecule has 0 fully saturated rings. The minimum Gasteiger partial charge on any atom is -0.399 e. The first-order valence-electron chi connectivity index (χ1n) is 2.20. The van der Waals surface area contributed by atoms with Crippen molar-refractivity contribution in [1.29, 1.82) is 0 Å². The Kier molecular flexibility index (Phi) is 15.0. The Balaban J connectivity index is -0.000000163. The molecular formula is C7H11ClMgN+. The molecule has 1 rings (SSSR count). The van der Waals surface area contributed by atoms with Gasteiger partial charge in [-0.1, -0.05) is 18.2 Å². The van der Waals surface area contributed by atoms with E-state index in [9.17, 15) is 0 Å². The Hall–Kier alpha value is 0.0762. The molecule has 0 aliphatic heterocycles. The molecule has 52 valence electrons. The van der Waals surface area contributed by atoms with Crippen LogP contribution in [-0.2, 0) is 0 Å². The van der Waals surface area contributed by atoms with Gasteiger partial charge in [-0.3, -0.25) is 0 Å². The smallest absolute Gasteiger partial charge is 0.399 e. The Morgan fingerprint density at radius 3 is 1.60 bits per heavy atom. The van der Waals surface area contributed by atoms with Gasteiger partial charge in [0.15, 0.2) is 0 Å². The van der Waals surface area contributed by atoms with Gasteiger partial charge in [0.05, 0.1) is 0 Å². The summed E-state index contributed by atoms with van der Waals surface area (Å²) in [5.41, 5.74) is 6.18. The van der Waals surface area contributed by atoms with E-state index in [1.807, 2.05) is 30.3 Å². The molecule has 0 aliphatic carbocycles. The van der Waals surface area contributed by atoms with E-state index in [4.69, 9.17) is 5.73 Å². The maximum atomic E-state index is 5.36. The number of hydrogen-bond acceptors (Lipinski definition) is 1. The van der Waals surface area contributed by atoms with E-state index in [1.54, 1.807) is 0 Å². The number of rotatable bonds is 0. The molecule has 0 aromatic heterocycles. The maximum absolute atomic E-state index is 5.36. The molecule has 10 heavy (non-hydrogen) atoms. The van der Waals surface area contributed by atoms with Crippen LogP contribution in [0.15, 0.2) is 30.3 Å². The van der Waals surface area contributed by atoms with Gasteiger partial charge in [-0.15, -0.1) is 12.4 Å². The number of benzene rings is 1. The standard InChI is InChI=1S/C6H7N.CH3.ClH.Mg/c7-6-4-2-1-3-5-6;;;/h1-5H,7H2;1H3;1H;/q;-1;;+2. The summed E-state index contributed by atoms with van der Waals surface area (Å²) in [4.78, 5) is 0. The van der Waals surface area contributed by atoms with Crippen molar-refractivity contribution in [3.63, 3.8) is 0 Å². The summed E-state index contributed by atoms with van der Waals surface area (Å²) in [5.74, 6) is 0. The molecule has 0 spiro atoms. The number of anilines is 1. The molecule has 0 unspecified atom stereocenters. The van der Waals surface area contributed by atoms with Crippen molar-refractivity contribution in [2.75, 3.05) is 5.73 Å². The third kappa shape index (κ3) is 6.20. The molecule has 0 heterocycles. The van der Waals surface area contributed by atoms with Crippen LogP contribution in [0.1, 0.15) is 0 Å². The fourth-order valence-corrected chi connectivity index (χ4v) is 0.453. The van der Waals surface area contributed by atoms with E-state index in [0.717, 1.165) is 5.69 Å². The van der Waals surface area contributed by atoms with Crippen LogP contribution in [0.5, 0.6) is 0 Å². The largest absolute Gasteiger partial charge is 2.00 e. The summed E-state index contributed by atoms with van der Waals surface area (Å²) in [6.45, 7) is 0. The fraction of sp³-hybridized carbons (Fsp3) is 0. The van der Waals surface area contributed by atoms with E-state index in [2.05, 4.69) is 0 Å². The van der Waals surface area contributed by atoms with Gasteiger partial charge in [-0.2, -0.15) is 0 Å². The third-order valence-electron chi connectivity index (χ3n) is 0.800. The minimum absolute atomic E-state index is 0. The summed E-state index contributed by atoms with van der Waals surface area (Å²) < 4.78 is 0. The number of halogens is 1. The van der Waals surface area contributed by atoms with Gasteiger partial charge in [0, 0.05) is 5.69 Å². The van der Waals surface area contributed by atoms with Crippen LogP contribution < -0.4 is 5.73 Å². The second-order valence-corrected chi connectivity index (χ2v) is 1.41. The van der Waals surface area contributed by atoms with Gasteiger partial charge >= 0.3 is 23.1 Å². The fourth-order valence-electron chi connectivity index (χ4n) is 0.453. The van der Waals surface area contributed by atoms with Crippen molar-refractivity contribution >= 4 is 41.1 Å². The van der Waals surface area contributed by atoms with Crippen LogP contribution in [-0.4, -0.2) is 23.1 Å². The normalized spacial score (nSPS) is 6.00. The van der Waals surface area contributed by atoms with Crippen LogP contribution in [0.25, 0.3) is 0 Å². The summed E-state index contributed by atoms with van der Waals surface area (Å²) in [6, 6.07) is 9.49. The van der Waals surface area contributed by atoms with Crippen molar-refractivity contribution in [1.82, 2.24) is 0 Å². The quantitative estimate of drug-likeness (QED) is 0.357. The van der Waals surface area contributed by atoms with Gasteiger partial charge < -0.3 is 13.2 Å². The average molecular weight is 169 g/mol. The average Bonchev–Trinajstić information content (AvgIpc) is 1.69. The van der Waals surface area contributed by atoms with E-state index in [0.29, 0.717) is 0 Å². The number of para-hydroxylation sites is 1. The van der Waals surface area contributed by atoms with Gasteiger partial charge in [-0.05, 0) is 12.1 Å². The van der Waals surface area contributed by atoms with E-state index in [-0.39, 0.29) is 42.9 Å². The molecule has 0 radical (unpaired) electrons. The molecule has 1 aromatic carbocycles. The SMILES string of the molecule is Cl.Nc1ccccc1.[CH3-].[Mg+2]. The van der Waals surface area contributed by atoms with Crippen molar-refractivity contribution in [2.24, 2.45) is 0 Å². The molecule has 0 bridgehead atoms. The van der Waals surface area contributed by atoms with Gasteiger partial charge in [0.1, 0.15) is 0 Å². The molecule has 0 amide bonds. The first kappa shape index (κ1) is 16.6. The van der Waals surface area contributed by atoms with Gasteiger partial charge in [0.25, 0.3) is 0 Å². The van der Waals surface area contributed by atoms with Crippen LogP contribution in [0.3, 0.4) is 0 Å². The van der Waals surface area contributed by atoms with E-state index < -0.39 is 0 Å². The summed E-state index contributed by atoms with van der Waals surface area (Å²) in [6.07, 6.45) is 0. The van der Waals surface area contributed by atoms with Crippen LogP contribution in [0, 0.1) is 7.43 Å². The Morgan fingerprint density at radius 2 is 1.40 bits per heavy atom. The van der Waals surface area contributed by atoms with Crippen LogP contribution >= 0.6 is 12.4 Å². The van der Waals surface area contributed by atoms with Gasteiger partial charge in [-0.25, -0.2) is 0 Å². The first-order chi connectivity index (χ1) is 3.39. The van der Waals surface area contributed by atoms with Gasteiger partial charge in [0.2, 0.25) is 0 Å². The molecule has 2 N–H and O–H groups in total. The second kappa shape index (κ2) is 9.08. The Bertz CT molecular complexity index is 144. The van der Waals surface area contributed by atoms with Crippen molar-refractivity contribution < 1.29 is 0 Å². The number of hydrogen-bond donors (Lipinski definition) is 1. The van der Waals surface area contributed by atoms with Crippen molar-refractivity contribution in [3.05, 3.63) is 37.8 Å². The minimum atomic E-state index is 0. The molecule has 0 saturated carbocycles. The molecule has 3 heteroatoms. The van der Waals surface area contributed by atoms with Crippen molar-refractivity contribution in [2.45, 2.75) is 0 Å². The van der Waals surface area contributed by atoms with Crippen LogP contribution in [0.2, 0.25) is 0 Å². The molecule has 0 aliphatic rings. The topological polar surface area (TPSA) is 26.0 Å². The zero-order chi connectivity index (χ0) is 5.11. The predicted octanol–water partition coefficient (Wildman–Crippen LogP) is 1.76. The summed E-state index contributed by atoms with van der Waals surface area (Å²) in [7, 11) is 0. The number of nitrogen functional groups attached to an aromatic ring is 1. The summed E-state index contributed by atoms with van der Waals surface area (Å²) >= 11 is 0. The zero-order valence-corrected chi connectivity index (χ0v) is 8.31. The monoisotopic (exact) mass is 168 g/mol. The van der Waals surface area contributed by atoms with Crippen LogP contribution in [0.4, 0.5) is 5.69 Å².